The molecule has 3 heterocycles. The number of rotatable bonds is 5. The van der Waals surface area contributed by atoms with Crippen molar-refractivity contribution < 1.29 is 18.7 Å². The number of nitrogens with zero attached hydrogens (tertiary/aromatic N) is 5. The van der Waals surface area contributed by atoms with Crippen molar-refractivity contribution in [1.29, 1.82) is 5.26 Å². The van der Waals surface area contributed by atoms with Gasteiger partial charge in [-0.15, -0.1) is 0 Å². The van der Waals surface area contributed by atoms with Crippen LogP contribution in [0.15, 0.2) is 41.1 Å². The predicted molar refractivity (Wildman–Crippen MR) is 97.1 cm³/mol. The Hall–Kier alpha value is -4.13. The number of hydrogen-bond donors (Lipinski definition) is 1. The van der Waals surface area contributed by atoms with Crippen molar-refractivity contribution in [2.45, 2.75) is 6.61 Å². The van der Waals surface area contributed by atoms with Crippen molar-refractivity contribution in [3.63, 3.8) is 0 Å². The quantitative estimate of drug-likeness (QED) is 0.705. The van der Waals surface area contributed by atoms with Crippen LogP contribution in [0.25, 0.3) is 11.5 Å². The highest BCUT2D eigenvalue weighted by molar-refractivity contribution is 5.69. The first-order chi connectivity index (χ1) is 13.5. The molecule has 0 aromatic carbocycles. The van der Waals surface area contributed by atoms with E-state index in [1.165, 1.54) is 17.4 Å². The number of nitrogens with two attached hydrogens (primary N) is 1. The molecule has 0 fully saturated rings. The lowest BCUT2D eigenvalue weighted by molar-refractivity contribution is 0.171. The maximum atomic E-state index is 11.5. The lowest BCUT2D eigenvalue weighted by atomic mass is 10.2. The van der Waals surface area contributed by atoms with Crippen molar-refractivity contribution >= 4 is 12.0 Å². The fourth-order valence-electron chi connectivity index (χ4n) is 2.14. The topological polar surface area (TPSA) is 140 Å². The van der Waals surface area contributed by atoms with E-state index in [4.69, 9.17) is 19.6 Å². The van der Waals surface area contributed by atoms with E-state index in [0.717, 1.165) is 0 Å². The van der Waals surface area contributed by atoms with Gasteiger partial charge in [-0.1, -0.05) is 0 Å². The van der Waals surface area contributed by atoms with E-state index in [1.54, 1.807) is 38.4 Å². The number of nitriles is 1. The number of carbonyl (C=O) groups is 1. The van der Waals surface area contributed by atoms with E-state index < -0.39 is 6.09 Å². The van der Waals surface area contributed by atoms with Gasteiger partial charge in [-0.05, 0) is 24.3 Å². The second-order valence-electron chi connectivity index (χ2n) is 5.74. The van der Waals surface area contributed by atoms with Gasteiger partial charge in [0.25, 0.3) is 0 Å². The molecular formula is C18H16N6O4. The fraction of sp³-hybridized carbons (Fsp3) is 0.167. The van der Waals surface area contributed by atoms with E-state index in [9.17, 15) is 10.1 Å². The molecule has 3 aromatic heterocycles. The van der Waals surface area contributed by atoms with Crippen LogP contribution >= 0.6 is 0 Å². The molecule has 0 saturated carbocycles. The van der Waals surface area contributed by atoms with Crippen LogP contribution in [0.3, 0.4) is 0 Å². The van der Waals surface area contributed by atoms with Crippen molar-refractivity contribution in [3.8, 4) is 29.2 Å². The summed E-state index contributed by atoms with van der Waals surface area (Å²) in [4.78, 5) is 25.0. The van der Waals surface area contributed by atoms with Crippen LogP contribution < -0.4 is 15.2 Å². The van der Waals surface area contributed by atoms with Gasteiger partial charge in [-0.2, -0.15) is 10.2 Å². The highest BCUT2D eigenvalue weighted by Crippen LogP contribution is 2.28. The largest absolute Gasteiger partial charge is 0.470 e. The zero-order valence-electron chi connectivity index (χ0n) is 15.1. The molecule has 10 heteroatoms. The van der Waals surface area contributed by atoms with Crippen LogP contribution in [0.4, 0.5) is 10.7 Å². The van der Waals surface area contributed by atoms with Gasteiger partial charge in [0.15, 0.2) is 11.5 Å². The third-order valence-electron chi connectivity index (χ3n) is 3.48. The maximum Gasteiger partial charge on any atom is 0.414 e. The number of amides is 1. The summed E-state index contributed by atoms with van der Waals surface area (Å²) in [6.07, 6.45) is 2.35. The number of furan rings is 1. The normalized spacial score (nSPS) is 10.2. The second-order valence-corrected chi connectivity index (χ2v) is 5.74. The molecule has 10 nitrogen and oxygen atoms in total. The molecule has 142 valence electrons. The maximum absolute atomic E-state index is 11.5. The van der Waals surface area contributed by atoms with Crippen LogP contribution in [0, 0.1) is 11.3 Å². The molecule has 0 aliphatic rings. The number of nitrogen functional groups attached to an aromatic ring is 1. The van der Waals surface area contributed by atoms with Gasteiger partial charge in [-0.25, -0.2) is 9.78 Å². The molecule has 0 aliphatic heterocycles. The average molecular weight is 380 g/mol. The van der Waals surface area contributed by atoms with Gasteiger partial charge in [0.2, 0.25) is 11.8 Å². The Bertz CT molecular complexity index is 1010. The number of ether oxygens (including phenoxy) is 2. The van der Waals surface area contributed by atoms with Crippen molar-refractivity contribution in [2.24, 2.45) is 0 Å². The van der Waals surface area contributed by atoms with Crippen LogP contribution in [0.5, 0.6) is 11.6 Å². The highest BCUT2D eigenvalue weighted by Gasteiger charge is 2.18. The number of pyridine rings is 1. The average Bonchev–Trinajstić information content (AvgIpc) is 3.21. The fourth-order valence-corrected chi connectivity index (χ4v) is 2.14. The molecule has 0 bridgehead atoms. The summed E-state index contributed by atoms with van der Waals surface area (Å²) in [5.74, 6) is 0.637. The van der Waals surface area contributed by atoms with Gasteiger partial charge in [0, 0.05) is 14.1 Å². The van der Waals surface area contributed by atoms with Gasteiger partial charge in [0.1, 0.15) is 23.9 Å². The molecule has 1 amide bonds. The van der Waals surface area contributed by atoms with Crippen molar-refractivity contribution in [3.05, 3.63) is 48.0 Å². The lowest BCUT2D eigenvalue weighted by Crippen LogP contribution is -2.25. The molecular weight excluding hydrogens is 364 g/mol. The Balaban J connectivity index is 1.76. The summed E-state index contributed by atoms with van der Waals surface area (Å²) in [6.45, 7) is 0.0185. The number of carbonyl (C=O) groups excluding carboxylic acids is 1. The zero-order chi connectivity index (χ0) is 20.1. The predicted octanol–water partition coefficient (Wildman–Crippen LogP) is 2.22. The third-order valence-corrected chi connectivity index (χ3v) is 3.48. The minimum absolute atomic E-state index is 0.0185. The van der Waals surface area contributed by atoms with Crippen LogP contribution in [-0.4, -0.2) is 40.0 Å². The van der Waals surface area contributed by atoms with Crippen LogP contribution in [-0.2, 0) is 6.61 Å². The van der Waals surface area contributed by atoms with E-state index in [1.807, 2.05) is 6.07 Å². The van der Waals surface area contributed by atoms with Crippen LogP contribution in [0.2, 0.25) is 0 Å². The molecule has 0 spiro atoms. The highest BCUT2D eigenvalue weighted by atomic mass is 16.6. The summed E-state index contributed by atoms with van der Waals surface area (Å²) in [5, 5.41) is 9.49. The number of anilines is 1. The minimum atomic E-state index is -0.508. The monoisotopic (exact) mass is 380 g/mol. The standard InChI is InChI=1S/C18H16N6O4/c1-24(2)18(25)28-12-6-5-11(21-9-12)10-27-16-13(8-19)15(22-17(20)23-16)14-4-3-7-26-14/h3-7,9H,10H2,1-2H3,(H2,20,22,23). The first-order valence-electron chi connectivity index (χ1n) is 8.06. The second kappa shape index (κ2) is 8.05. The molecule has 0 radical (unpaired) electrons. The molecule has 3 aromatic rings. The molecule has 0 unspecified atom stereocenters. The van der Waals surface area contributed by atoms with E-state index in [2.05, 4.69) is 15.0 Å². The number of aromatic nitrogens is 3. The summed E-state index contributed by atoms with van der Waals surface area (Å²) in [5.41, 5.74) is 6.60. The summed E-state index contributed by atoms with van der Waals surface area (Å²) >= 11 is 0. The third kappa shape index (κ3) is 4.16. The van der Waals surface area contributed by atoms with Gasteiger partial charge >= 0.3 is 6.09 Å². The first kappa shape index (κ1) is 18.7. The van der Waals surface area contributed by atoms with Gasteiger partial charge in [-0.3, -0.25) is 4.98 Å². The van der Waals surface area contributed by atoms with Gasteiger partial charge in [0.05, 0.1) is 18.2 Å². The molecule has 28 heavy (non-hydrogen) atoms. The lowest BCUT2D eigenvalue weighted by Gasteiger charge is -2.11. The van der Waals surface area contributed by atoms with E-state index >= 15 is 0 Å². The minimum Gasteiger partial charge on any atom is -0.470 e. The Morgan fingerprint density at radius 2 is 2.14 bits per heavy atom. The van der Waals surface area contributed by atoms with Crippen LogP contribution in [0.1, 0.15) is 11.3 Å². The Morgan fingerprint density at radius 1 is 1.32 bits per heavy atom. The molecule has 3 rings (SSSR count). The van der Waals surface area contributed by atoms with E-state index in [0.29, 0.717) is 17.2 Å². The first-order valence-corrected chi connectivity index (χ1v) is 8.06. The van der Waals surface area contributed by atoms with Gasteiger partial charge < -0.3 is 24.5 Å². The van der Waals surface area contributed by atoms with E-state index in [-0.39, 0.29) is 29.7 Å². The summed E-state index contributed by atoms with van der Waals surface area (Å²) < 4.78 is 16.0. The SMILES string of the molecule is CN(C)C(=O)Oc1ccc(COc2nc(N)nc(-c3ccco3)c2C#N)nc1. The Morgan fingerprint density at radius 3 is 2.75 bits per heavy atom. The molecule has 2 N–H and O–H groups in total. The zero-order valence-corrected chi connectivity index (χ0v) is 15.1. The Kier molecular flexibility index (Phi) is 5.36. The molecule has 0 atom stereocenters. The smallest absolute Gasteiger partial charge is 0.414 e. The molecule has 0 saturated heterocycles. The number of hydrogen-bond acceptors (Lipinski definition) is 9. The van der Waals surface area contributed by atoms with Crippen molar-refractivity contribution in [1.82, 2.24) is 19.9 Å². The summed E-state index contributed by atoms with van der Waals surface area (Å²) in [7, 11) is 3.16. The van der Waals surface area contributed by atoms with Crippen molar-refractivity contribution in [2.75, 3.05) is 19.8 Å². The molecule has 0 aliphatic carbocycles. The Labute approximate surface area is 160 Å². The summed E-state index contributed by atoms with van der Waals surface area (Å²) in [6, 6.07) is 8.55.